The minimum Gasteiger partial charge on any atom is -0.344 e. The summed E-state index contributed by atoms with van der Waals surface area (Å²) >= 11 is 0. The molecular formula is C20H25ClN4. The third-order valence-electron chi connectivity index (χ3n) is 3.78. The van der Waals surface area contributed by atoms with Gasteiger partial charge in [-0.15, -0.1) is 12.4 Å². The molecule has 0 aliphatic carbocycles. The number of rotatable bonds is 7. The van der Waals surface area contributed by atoms with Crippen molar-refractivity contribution in [3.05, 3.63) is 95.6 Å². The third-order valence-corrected chi connectivity index (χ3v) is 3.78. The van der Waals surface area contributed by atoms with Crippen molar-refractivity contribution in [2.75, 3.05) is 0 Å². The first-order valence-corrected chi connectivity index (χ1v) is 7.98. The van der Waals surface area contributed by atoms with Crippen LogP contribution in [0.25, 0.3) is 0 Å². The summed E-state index contributed by atoms with van der Waals surface area (Å²) in [6, 6.07) is 20.9. The van der Waals surface area contributed by atoms with Gasteiger partial charge in [0.15, 0.2) is 0 Å². The summed E-state index contributed by atoms with van der Waals surface area (Å²) in [5.74, 6) is 0. The molecule has 0 amide bonds. The Morgan fingerprint density at radius 2 is 1.24 bits per heavy atom. The van der Waals surface area contributed by atoms with Crippen LogP contribution < -0.4 is 11.5 Å². The number of aryl methyl sites for hydroxylation is 2. The highest BCUT2D eigenvalue weighted by Crippen LogP contribution is 2.08. The molecule has 25 heavy (non-hydrogen) atoms. The van der Waals surface area contributed by atoms with Gasteiger partial charge in [0.25, 0.3) is 0 Å². The number of hydrogen-bond donors (Lipinski definition) is 2. The molecule has 4 N–H and O–H groups in total. The summed E-state index contributed by atoms with van der Waals surface area (Å²) in [5.41, 5.74) is 4.86. The van der Waals surface area contributed by atoms with Gasteiger partial charge in [0.2, 0.25) is 0 Å². The van der Waals surface area contributed by atoms with E-state index < -0.39 is 0 Å². The normalized spacial score (nSPS) is 9.76. The highest BCUT2D eigenvalue weighted by molar-refractivity contribution is 5.85. The van der Waals surface area contributed by atoms with Crippen LogP contribution in [0.2, 0.25) is 0 Å². The first kappa shape index (κ1) is 20.8. The molecule has 3 rings (SSSR count). The molecule has 0 aliphatic heterocycles. The molecule has 2 aromatic heterocycles. The number of halogens is 1. The first-order valence-electron chi connectivity index (χ1n) is 7.98. The highest BCUT2D eigenvalue weighted by atomic mass is 35.5. The van der Waals surface area contributed by atoms with Gasteiger partial charge in [-0.25, -0.2) is 0 Å². The monoisotopic (exact) mass is 356 g/mol. The van der Waals surface area contributed by atoms with Gasteiger partial charge >= 0.3 is 0 Å². The standard InChI is InChI=1S/C20H21N3.ClH.H3N/c1-3-13-22-19(5-1)12-11-17-7-9-18(10-8-17)15-21-16-20-6-2-4-14-23-20;;/h1-10,13-14,21H,11-12,15-16H2;1H;1H3. The zero-order valence-corrected chi connectivity index (χ0v) is 15.1. The summed E-state index contributed by atoms with van der Waals surface area (Å²) in [6.45, 7) is 1.65. The van der Waals surface area contributed by atoms with Crippen LogP contribution in [0.4, 0.5) is 0 Å². The van der Waals surface area contributed by atoms with Crippen molar-refractivity contribution in [1.29, 1.82) is 0 Å². The van der Waals surface area contributed by atoms with E-state index >= 15 is 0 Å². The first-order chi connectivity index (χ1) is 11.4. The Morgan fingerprint density at radius 1 is 0.640 bits per heavy atom. The van der Waals surface area contributed by atoms with Gasteiger partial charge in [-0.2, -0.15) is 0 Å². The lowest BCUT2D eigenvalue weighted by atomic mass is 10.1. The van der Waals surface area contributed by atoms with Crippen molar-refractivity contribution in [1.82, 2.24) is 21.4 Å². The average Bonchev–Trinajstić information content (AvgIpc) is 2.63. The van der Waals surface area contributed by atoms with Gasteiger partial charge in [0, 0.05) is 31.2 Å². The Morgan fingerprint density at radius 3 is 1.84 bits per heavy atom. The van der Waals surface area contributed by atoms with E-state index in [1.54, 1.807) is 0 Å². The van der Waals surface area contributed by atoms with E-state index in [4.69, 9.17) is 0 Å². The van der Waals surface area contributed by atoms with Gasteiger partial charge in [-0.3, -0.25) is 9.97 Å². The van der Waals surface area contributed by atoms with Gasteiger partial charge in [0.1, 0.15) is 0 Å². The number of benzene rings is 1. The van der Waals surface area contributed by atoms with Crippen molar-refractivity contribution >= 4 is 12.4 Å². The topological polar surface area (TPSA) is 72.8 Å². The Kier molecular flexibility index (Phi) is 9.40. The molecule has 2 heterocycles. The van der Waals surface area contributed by atoms with Crippen LogP contribution in [-0.4, -0.2) is 9.97 Å². The predicted molar refractivity (Wildman–Crippen MR) is 105 cm³/mol. The van der Waals surface area contributed by atoms with Crippen LogP contribution in [0.15, 0.2) is 73.1 Å². The molecule has 0 saturated carbocycles. The lowest BCUT2D eigenvalue weighted by molar-refractivity contribution is 0.679. The molecule has 132 valence electrons. The van der Waals surface area contributed by atoms with Gasteiger partial charge in [0.05, 0.1) is 5.69 Å². The van der Waals surface area contributed by atoms with E-state index in [9.17, 15) is 0 Å². The van der Waals surface area contributed by atoms with Crippen LogP contribution in [0, 0.1) is 0 Å². The second-order valence-corrected chi connectivity index (χ2v) is 5.56. The molecule has 0 atom stereocenters. The fourth-order valence-electron chi connectivity index (χ4n) is 2.48. The molecule has 0 radical (unpaired) electrons. The quantitative estimate of drug-likeness (QED) is 0.667. The lowest BCUT2D eigenvalue weighted by Gasteiger charge is -2.06. The molecule has 0 unspecified atom stereocenters. The fourth-order valence-corrected chi connectivity index (χ4v) is 2.48. The van der Waals surface area contributed by atoms with Crippen molar-refractivity contribution in [3.63, 3.8) is 0 Å². The van der Waals surface area contributed by atoms with Crippen LogP contribution in [-0.2, 0) is 25.9 Å². The summed E-state index contributed by atoms with van der Waals surface area (Å²) in [6.07, 6.45) is 5.69. The fraction of sp³-hybridized carbons (Fsp3) is 0.200. The Balaban J connectivity index is 0.00000156. The maximum atomic E-state index is 4.36. The van der Waals surface area contributed by atoms with E-state index in [1.165, 1.54) is 11.1 Å². The maximum absolute atomic E-state index is 4.36. The van der Waals surface area contributed by atoms with Gasteiger partial charge in [-0.1, -0.05) is 36.4 Å². The van der Waals surface area contributed by atoms with Crippen LogP contribution in [0.3, 0.4) is 0 Å². The predicted octanol–water partition coefficient (Wildman–Crippen LogP) is 4.14. The van der Waals surface area contributed by atoms with Crippen LogP contribution in [0.5, 0.6) is 0 Å². The molecular weight excluding hydrogens is 332 g/mol. The largest absolute Gasteiger partial charge is 0.344 e. The molecule has 0 bridgehead atoms. The second-order valence-electron chi connectivity index (χ2n) is 5.56. The summed E-state index contributed by atoms with van der Waals surface area (Å²) in [4.78, 5) is 8.67. The zero-order chi connectivity index (χ0) is 15.7. The van der Waals surface area contributed by atoms with Crippen molar-refractivity contribution in [2.24, 2.45) is 0 Å². The summed E-state index contributed by atoms with van der Waals surface area (Å²) in [5, 5.41) is 3.42. The van der Waals surface area contributed by atoms with E-state index in [0.717, 1.165) is 37.3 Å². The summed E-state index contributed by atoms with van der Waals surface area (Å²) in [7, 11) is 0. The van der Waals surface area contributed by atoms with E-state index in [2.05, 4.69) is 45.6 Å². The highest BCUT2D eigenvalue weighted by Gasteiger charge is 1.98. The number of aromatic nitrogens is 2. The second kappa shape index (κ2) is 11.3. The zero-order valence-electron chi connectivity index (χ0n) is 14.3. The number of pyridine rings is 2. The van der Waals surface area contributed by atoms with Crippen molar-refractivity contribution in [2.45, 2.75) is 25.9 Å². The molecule has 0 saturated heterocycles. The SMILES string of the molecule is Cl.N.c1ccc(CCc2ccc(CNCc3ccccn3)cc2)nc1. The van der Waals surface area contributed by atoms with E-state index in [0.29, 0.717) is 0 Å². The van der Waals surface area contributed by atoms with Gasteiger partial charge < -0.3 is 11.5 Å². The summed E-state index contributed by atoms with van der Waals surface area (Å²) < 4.78 is 0. The molecule has 4 nitrogen and oxygen atoms in total. The molecule has 0 spiro atoms. The molecule has 1 aromatic carbocycles. The minimum atomic E-state index is 0. The Bertz CT molecular complexity index is 703. The third kappa shape index (κ3) is 7.01. The minimum absolute atomic E-state index is 0. The number of hydrogen-bond acceptors (Lipinski definition) is 4. The van der Waals surface area contributed by atoms with Crippen LogP contribution >= 0.6 is 12.4 Å². The Labute approximate surface area is 155 Å². The number of nitrogens with one attached hydrogen (secondary N) is 1. The van der Waals surface area contributed by atoms with Crippen LogP contribution in [0.1, 0.15) is 22.5 Å². The molecule has 0 fully saturated rings. The van der Waals surface area contributed by atoms with E-state index in [-0.39, 0.29) is 18.6 Å². The smallest absolute Gasteiger partial charge is 0.0541 e. The lowest BCUT2D eigenvalue weighted by Crippen LogP contribution is -2.13. The molecule has 5 heteroatoms. The Hall–Kier alpha value is -2.27. The van der Waals surface area contributed by atoms with E-state index in [1.807, 2.05) is 42.7 Å². The molecule has 0 aliphatic rings. The maximum Gasteiger partial charge on any atom is 0.0541 e. The van der Waals surface area contributed by atoms with Crippen molar-refractivity contribution in [3.8, 4) is 0 Å². The average molecular weight is 357 g/mol. The molecule has 3 aromatic rings. The van der Waals surface area contributed by atoms with Crippen molar-refractivity contribution < 1.29 is 0 Å². The number of nitrogens with zero attached hydrogens (tertiary/aromatic N) is 2. The van der Waals surface area contributed by atoms with Gasteiger partial charge in [-0.05, 0) is 48.2 Å².